The molecule has 1 fully saturated rings. The Morgan fingerprint density at radius 3 is 2.30 bits per heavy atom. The second-order valence-electron chi connectivity index (χ2n) is 7.76. The van der Waals surface area contributed by atoms with Gasteiger partial charge in [-0.2, -0.15) is 0 Å². The summed E-state index contributed by atoms with van der Waals surface area (Å²) in [6, 6.07) is 20.9. The van der Waals surface area contributed by atoms with Crippen molar-refractivity contribution in [3.05, 3.63) is 94.2 Å². The third kappa shape index (κ3) is 5.23. The van der Waals surface area contributed by atoms with Crippen LogP contribution in [0.2, 0.25) is 0 Å². The van der Waals surface area contributed by atoms with E-state index in [0.29, 0.717) is 0 Å². The molecule has 2 N–H and O–H groups in total. The summed E-state index contributed by atoms with van der Waals surface area (Å²) in [6.07, 6.45) is 4.48. The molecule has 0 atom stereocenters. The zero-order valence-corrected chi connectivity index (χ0v) is 16.9. The summed E-state index contributed by atoms with van der Waals surface area (Å²) in [5, 5.41) is 10.8. The molecule has 1 aliphatic heterocycles. The predicted octanol–water partition coefficient (Wildman–Crippen LogP) is 1.85. The molecule has 2 heterocycles. The van der Waals surface area contributed by atoms with Gasteiger partial charge in [-0.25, -0.2) is 0 Å². The van der Waals surface area contributed by atoms with Crippen molar-refractivity contribution in [1.29, 1.82) is 0 Å². The molecule has 3 aromatic rings. The second kappa shape index (κ2) is 9.52. The minimum Gasteiger partial charge on any atom is -0.455 e. The van der Waals surface area contributed by atoms with E-state index in [-0.39, 0.29) is 10.6 Å². The van der Waals surface area contributed by atoms with Crippen LogP contribution in [0.25, 0.3) is 17.4 Å². The van der Waals surface area contributed by atoms with E-state index in [2.05, 4.69) is 36.4 Å². The van der Waals surface area contributed by atoms with Crippen LogP contribution in [-0.4, -0.2) is 37.6 Å². The third-order valence-corrected chi connectivity index (χ3v) is 5.63. The molecule has 4 rings (SSSR count). The highest BCUT2D eigenvalue weighted by atomic mass is 16.6. The Labute approximate surface area is 176 Å². The van der Waals surface area contributed by atoms with Gasteiger partial charge in [-0.1, -0.05) is 36.4 Å². The van der Waals surface area contributed by atoms with Crippen LogP contribution in [0, 0.1) is 10.1 Å². The molecular weight excluding hydrogens is 378 g/mol. The van der Waals surface area contributed by atoms with E-state index in [4.69, 9.17) is 4.42 Å². The number of quaternary nitrogens is 2. The average molecular weight is 405 g/mol. The minimum absolute atomic E-state index is 0.0916. The fraction of sp³-hybridized carbons (Fsp3) is 0.250. The van der Waals surface area contributed by atoms with Gasteiger partial charge in [0.25, 0.3) is 5.69 Å². The lowest BCUT2D eigenvalue weighted by molar-refractivity contribution is -1.02. The maximum absolute atomic E-state index is 10.8. The lowest BCUT2D eigenvalue weighted by Gasteiger charge is -2.28. The van der Waals surface area contributed by atoms with E-state index in [9.17, 15) is 10.1 Å². The molecule has 30 heavy (non-hydrogen) atoms. The number of nitro benzene ring substituents is 1. The predicted molar refractivity (Wildman–Crippen MR) is 116 cm³/mol. The molecule has 0 amide bonds. The Morgan fingerprint density at radius 1 is 0.900 bits per heavy atom. The minimum atomic E-state index is -0.389. The molecule has 0 saturated carbocycles. The Hall–Kier alpha value is -3.22. The zero-order valence-electron chi connectivity index (χ0n) is 16.9. The summed E-state index contributed by atoms with van der Waals surface area (Å²) >= 11 is 0. The van der Waals surface area contributed by atoms with Gasteiger partial charge >= 0.3 is 0 Å². The van der Waals surface area contributed by atoms with Gasteiger partial charge in [0.05, 0.1) is 11.5 Å². The van der Waals surface area contributed by atoms with E-state index in [1.54, 1.807) is 17.0 Å². The van der Waals surface area contributed by atoms with Crippen LogP contribution in [0.5, 0.6) is 0 Å². The molecule has 2 aromatic carbocycles. The van der Waals surface area contributed by atoms with Gasteiger partial charge in [-0.15, -0.1) is 0 Å². The van der Waals surface area contributed by atoms with E-state index >= 15 is 0 Å². The number of nitrogens with zero attached hydrogens (tertiary/aromatic N) is 1. The lowest BCUT2D eigenvalue weighted by Crippen LogP contribution is -3.27. The first-order valence-corrected chi connectivity index (χ1v) is 10.4. The fourth-order valence-electron chi connectivity index (χ4n) is 3.89. The molecule has 0 bridgehead atoms. The molecule has 0 spiro atoms. The summed E-state index contributed by atoms with van der Waals surface area (Å²) in [7, 11) is 0. The first kappa shape index (κ1) is 20.1. The highest BCUT2D eigenvalue weighted by Crippen LogP contribution is 2.24. The van der Waals surface area contributed by atoms with Crippen molar-refractivity contribution in [2.45, 2.75) is 6.54 Å². The van der Waals surface area contributed by atoms with Gasteiger partial charge in [0.1, 0.15) is 38.5 Å². The largest absolute Gasteiger partial charge is 0.455 e. The Balaban J connectivity index is 1.25. The van der Waals surface area contributed by atoms with E-state index < -0.39 is 0 Å². The van der Waals surface area contributed by atoms with Gasteiger partial charge in [-0.3, -0.25) is 10.1 Å². The highest BCUT2D eigenvalue weighted by molar-refractivity contribution is 5.59. The Bertz CT molecular complexity index is 988. The van der Waals surface area contributed by atoms with Crippen LogP contribution in [0.15, 0.2) is 77.2 Å². The number of nitro groups is 1. The van der Waals surface area contributed by atoms with Crippen LogP contribution in [0.1, 0.15) is 11.3 Å². The molecule has 1 aromatic heterocycles. The summed E-state index contributed by atoms with van der Waals surface area (Å²) in [5.74, 6) is 1.72. The van der Waals surface area contributed by atoms with Gasteiger partial charge < -0.3 is 14.2 Å². The SMILES string of the molecule is O=[N+]([O-])c1ccc(-c2ccc(C[NH+]3CC[NH+](C/C=C/c4ccccc4)CC3)o2)cc1. The standard InChI is InChI=1S/C24H25N3O3/c28-27(29)22-10-8-21(9-11-22)24-13-12-23(30-24)19-26-17-15-25(16-18-26)14-4-7-20-5-2-1-3-6-20/h1-13H,14-19H2/p+2/b7-4+. The Kier molecular flexibility index (Phi) is 6.37. The summed E-state index contributed by atoms with van der Waals surface area (Å²) in [5.41, 5.74) is 2.21. The van der Waals surface area contributed by atoms with Gasteiger partial charge in [0.2, 0.25) is 0 Å². The van der Waals surface area contributed by atoms with Crippen LogP contribution in [-0.2, 0) is 6.54 Å². The van der Waals surface area contributed by atoms with Gasteiger partial charge in [0.15, 0.2) is 5.76 Å². The van der Waals surface area contributed by atoms with E-state index in [1.165, 1.54) is 22.6 Å². The molecular formula is C24H27N3O3+2. The van der Waals surface area contributed by atoms with Crippen molar-refractivity contribution >= 4 is 11.8 Å². The molecule has 6 heteroatoms. The molecule has 154 valence electrons. The normalized spacial score (nSPS) is 19.2. The van der Waals surface area contributed by atoms with Gasteiger partial charge in [-0.05, 0) is 35.9 Å². The first-order valence-electron chi connectivity index (χ1n) is 10.4. The second-order valence-corrected chi connectivity index (χ2v) is 7.76. The van der Waals surface area contributed by atoms with E-state index in [0.717, 1.165) is 56.4 Å². The van der Waals surface area contributed by atoms with Gasteiger partial charge in [0, 0.05) is 17.7 Å². The number of hydrogen-bond acceptors (Lipinski definition) is 3. The van der Waals surface area contributed by atoms with E-state index in [1.807, 2.05) is 18.2 Å². The van der Waals surface area contributed by atoms with Crippen molar-refractivity contribution in [2.75, 3.05) is 32.7 Å². The topological polar surface area (TPSA) is 65.2 Å². The molecule has 0 unspecified atom stereocenters. The maximum Gasteiger partial charge on any atom is 0.269 e. The number of benzene rings is 2. The summed E-state index contributed by atoms with van der Waals surface area (Å²) in [6.45, 7) is 6.51. The maximum atomic E-state index is 10.8. The number of piperazine rings is 1. The molecule has 1 aliphatic rings. The van der Waals surface area contributed by atoms with Crippen LogP contribution < -0.4 is 9.80 Å². The lowest BCUT2D eigenvalue weighted by atomic mass is 10.1. The Morgan fingerprint density at radius 2 is 1.60 bits per heavy atom. The quantitative estimate of drug-likeness (QED) is 0.466. The fourth-order valence-corrected chi connectivity index (χ4v) is 3.89. The average Bonchev–Trinajstić information content (AvgIpc) is 3.24. The first-order chi connectivity index (χ1) is 14.7. The molecule has 0 aliphatic carbocycles. The summed E-state index contributed by atoms with van der Waals surface area (Å²) in [4.78, 5) is 13.6. The van der Waals surface area contributed by atoms with Crippen molar-refractivity contribution in [2.24, 2.45) is 0 Å². The van der Waals surface area contributed by atoms with Crippen LogP contribution >= 0.6 is 0 Å². The molecule has 1 saturated heterocycles. The number of non-ortho nitro benzene ring substituents is 1. The molecule has 6 nitrogen and oxygen atoms in total. The zero-order chi connectivity index (χ0) is 20.8. The van der Waals surface area contributed by atoms with Crippen molar-refractivity contribution in [1.82, 2.24) is 0 Å². The number of hydrogen-bond donors (Lipinski definition) is 2. The molecule has 0 radical (unpaired) electrons. The highest BCUT2D eigenvalue weighted by Gasteiger charge is 2.23. The third-order valence-electron chi connectivity index (χ3n) is 5.63. The van der Waals surface area contributed by atoms with Crippen molar-refractivity contribution < 1.29 is 19.1 Å². The smallest absolute Gasteiger partial charge is 0.269 e. The number of furan rings is 1. The number of nitrogens with one attached hydrogen (secondary N) is 2. The van der Waals surface area contributed by atoms with Crippen LogP contribution in [0.4, 0.5) is 5.69 Å². The van der Waals surface area contributed by atoms with Crippen LogP contribution in [0.3, 0.4) is 0 Å². The van der Waals surface area contributed by atoms with Crippen molar-refractivity contribution in [3.63, 3.8) is 0 Å². The number of rotatable bonds is 7. The summed E-state index contributed by atoms with van der Waals surface area (Å²) < 4.78 is 6.00. The monoisotopic (exact) mass is 405 g/mol. The van der Waals surface area contributed by atoms with Crippen molar-refractivity contribution in [3.8, 4) is 11.3 Å².